The molecule has 0 heterocycles. The number of fused-ring (bicyclic) bond motifs is 5. The van der Waals surface area contributed by atoms with Gasteiger partial charge in [-0.3, -0.25) is 9.59 Å². The van der Waals surface area contributed by atoms with Gasteiger partial charge in [0.1, 0.15) is 6.10 Å². The van der Waals surface area contributed by atoms with Gasteiger partial charge in [0.2, 0.25) is 0 Å². The first-order chi connectivity index (χ1) is 20.4. The van der Waals surface area contributed by atoms with Crippen LogP contribution in [0.5, 0.6) is 0 Å². The SMILES string of the molecule is CCCCCC=CC=CC=CC=CC(=O)OC12C(OC(C)=O)C(C)C3(O)C4C=C(C)C(=O)C4CC(CO)=CC3C1C2(C)C. The van der Waals surface area contributed by atoms with E-state index in [1.165, 1.54) is 32.3 Å². The number of hydrogen-bond acceptors (Lipinski definition) is 7. The molecule has 43 heavy (non-hydrogen) atoms. The van der Waals surface area contributed by atoms with Gasteiger partial charge >= 0.3 is 11.9 Å². The number of esters is 2. The minimum Gasteiger partial charge on any atom is -0.458 e. The van der Waals surface area contributed by atoms with Crippen LogP contribution < -0.4 is 0 Å². The fourth-order valence-electron chi connectivity index (χ4n) is 8.22. The second-order valence-corrected chi connectivity index (χ2v) is 13.2. The van der Waals surface area contributed by atoms with E-state index in [1.54, 1.807) is 19.1 Å². The molecular formula is C36H48O7. The van der Waals surface area contributed by atoms with E-state index in [-0.39, 0.29) is 12.4 Å². The maximum Gasteiger partial charge on any atom is 0.331 e. The number of carbonyl (C=O) groups is 3. The molecule has 0 aliphatic heterocycles. The Morgan fingerprint density at radius 2 is 1.72 bits per heavy atom. The van der Waals surface area contributed by atoms with Gasteiger partial charge < -0.3 is 19.7 Å². The number of rotatable bonds is 11. The number of ether oxygens (including phenoxy) is 2. The van der Waals surface area contributed by atoms with E-state index < -0.39 is 64.2 Å². The lowest BCUT2D eigenvalue weighted by Crippen LogP contribution is -2.63. The van der Waals surface area contributed by atoms with E-state index >= 15 is 0 Å². The summed E-state index contributed by atoms with van der Waals surface area (Å²) < 4.78 is 12.2. The third kappa shape index (κ3) is 5.78. The molecule has 4 rings (SSSR count). The van der Waals surface area contributed by atoms with Crippen LogP contribution in [0.2, 0.25) is 0 Å². The second-order valence-electron chi connectivity index (χ2n) is 13.2. The lowest BCUT2D eigenvalue weighted by atomic mass is 9.60. The lowest BCUT2D eigenvalue weighted by molar-refractivity contribution is -0.217. The summed E-state index contributed by atoms with van der Waals surface area (Å²) in [4.78, 5) is 38.8. The molecule has 7 heteroatoms. The molecule has 0 aromatic carbocycles. The highest BCUT2D eigenvalue weighted by Gasteiger charge is 2.87. The van der Waals surface area contributed by atoms with Crippen molar-refractivity contribution in [3.63, 3.8) is 0 Å². The summed E-state index contributed by atoms with van der Waals surface area (Å²) in [6, 6.07) is 0. The lowest BCUT2D eigenvalue weighted by Gasteiger charge is -2.52. The topological polar surface area (TPSA) is 110 Å². The molecule has 0 radical (unpaired) electrons. The number of aliphatic hydroxyl groups excluding tert-OH is 1. The van der Waals surface area contributed by atoms with E-state index in [1.807, 2.05) is 57.2 Å². The highest BCUT2D eigenvalue weighted by atomic mass is 16.6. The number of carbonyl (C=O) groups excluding carboxylic acids is 3. The fourth-order valence-corrected chi connectivity index (χ4v) is 8.22. The molecule has 2 N–H and O–H groups in total. The van der Waals surface area contributed by atoms with Crippen LogP contribution in [0, 0.1) is 35.0 Å². The highest BCUT2D eigenvalue weighted by Crippen LogP contribution is 2.76. The van der Waals surface area contributed by atoms with Crippen LogP contribution in [0.15, 0.2) is 71.9 Å². The zero-order valence-corrected chi connectivity index (χ0v) is 26.4. The standard InChI is InChI=1S/C36H48O7/c1-7-8-9-10-11-12-13-14-15-16-17-18-30(39)43-36-32(34(36,5)6)29-21-26(22-37)20-27-28(19-23(2)31(27)40)35(29,41)24(3)33(36)42-25(4)38/h11-19,21,24,27-29,32-33,37,41H,7-10,20,22H2,1-6H3. The molecule has 0 bridgehead atoms. The summed E-state index contributed by atoms with van der Waals surface area (Å²) in [7, 11) is 0. The molecule has 8 atom stereocenters. The van der Waals surface area contributed by atoms with Crippen molar-refractivity contribution in [1.82, 2.24) is 0 Å². The van der Waals surface area contributed by atoms with Crippen LogP contribution in [0.1, 0.15) is 73.6 Å². The summed E-state index contributed by atoms with van der Waals surface area (Å²) in [6.07, 6.45) is 22.3. The Morgan fingerprint density at radius 3 is 2.37 bits per heavy atom. The zero-order chi connectivity index (χ0) is 31.6. The molecule has 4 aliphatic carbocycles. The number of Topliss-reactive ketones (excluding diaryl/α,β-unsaturated/α-hetero) is 1. The summed E-state index contributed by atoms with van der Waals surface area (Å²) in [5.41, 5.74) is -2.05. The van der Waals surface area contributed by atoms with E-state index in [0.29, 0.717) is 17.6 Å². The predicted molar refractivity (Wildman–Crippen MR) is 165 cm³/mol. The Labute approximate surface area is 256 Å². The first kappa shape index (κ1) is 32.9. The molecule has 2 saturated carbocycles. The summed E-state index contributed by atoms with van der Waals surface area (Å²) >= 11 is 0. The molecular weight excluding hydrogens is 544 g/mol. The Bertz CT molecular complexity index is 1280. The average molecular weight is 593 g/mol. The van der Waals surface area contributed by atoms with Crippen LogP contribution in [0.4, 0.5) is 0 Å². The third-order valence-corrected chi connectivity index (χ3v) is 10.3. The van der Waals surface area contributed by atoms with Crippen molar-refractivity contribution in [2.24, 2.45) is 35.0 Å². The number of ketones is 1. The minimum absolute atomic E-state index is 0.0379. The van der Waals surface area contributed by atoms with Crippen LogP contribution >= 0.6 is 0 Å². The fraction of sp³-hybridized carbons (Fsp3) is 0.583. The van der Waals surface area contributed by atoms with Gasteiger partial charge in [-0.2, -0.15) is 0 Å². The van der Waals surface area contributed by atoms with Gasteiger partial charge in [0.15, 0.2) is 11.4 Å². The van der Waals surface area contributed by atoms with E-state index in [2.05, 4.69) is 13.0 Å². The zero-order valence-electron chi connectivity index (χ0n) is 26.4. The quantitative estimate of drug-likeness (QED) is 0.103. The van der Waals surface area contributed by atoms with Crippen molar-refractivity contribution in [2.45, 2.75) is 91.0 Å². The largest absolute Gasteiger partial charge is 0.458 e. The van der Waals surface area contributed by atoms with E-state index in [9.17, 15) is 24.6 Å². The van der Waals surface area contributed by atoms with Crippen molar-refractivity contribution in [3.8, 4) is 0 Å². The average Bonchev–Trinajstić information content (AvgIpc) is 3.35. The van der Waals surface area contributed by atoms with Gasteiger partial charge in [-0.15, -0.1) is 0 Å². The molecule has 7 nitrogen and oxygen atoms in total. The van der Waals surface area contributed by atoms with Gasteiger partial charge in [-0.25, -0.2) is 4.79 Å². The smallest absolute Gasteiger partial charge is 0.331 e. The highest BCUT2D eigenvalue weighted by molar-refractivity contribution is 6.00. The summed E-state index contributed by atoms with van der Waals surface area (Å²) in [5.74, 6) is -3.79. The van der Waals surface area contributed by atoms with Gasteiger partial charge in [-0.05, 0) is 37.3 Å². The number of aliphatic hydroxyl groups is 2. The Hall–Kier alpha value is -3.03. The Morgan fingerprint density at radius 1 is 1.05 bits per heavy atom. The van der Waals surface area contributed by atoms with Crippen LogP contribution in [-0.4, -0.2) is 51.8 Å². The molecule has 0 aromatic rings. The maximum absolute atomic E-state index is 13.2. The van der Waals surface area contributed by atoms with Crippen LogP contribution in [0.3, 0.4) is 0 Å². The Kier molecular flexibility index (Phi) is 9.87. The molecule has 0 spiro atoms. The first-order valence-electron chi connectivity index (χ1n) is 15.7. The Balaban J connectivity index is 1.60. The van der Waals surface area contributed by atoms with Crippen molar-refractivity contribution < 1.29 is 34.1 Å². The minimum atomic E-state index is -1.46. The van der Waals surface area contributed by atoms with Gasteiger partial charge in [-0.1, -0.05) is 95.2 Å². The van der Waals surface area contributed by atoms with E-state index in [4.69, 9.17) is 9.47 Å². The molecule has 0 aromatic heterocycles. The normalized spacial score (nSPS) is 36.3. The molecule has 234 valence electrons. The summed E-state index contributed by atoms with van der Waals surface area (Å²) in [6.45, 7) is 10.7. The third-order valence-electron chi connectivity index (χ3n) is 10.3. The maximum atomic E-state index is 13.2. The van der Waals surface area contributed by atoms with Gasteiger partial charge in [0, 0.05) is 48.0 Å². The molecule has 0 saturated heterocycles. The molecule has 2 fully saturated rings. The van der Waals surface area contributed by atoms with Gasteiger partial charge in [0.05, 0.1) is 12.2 Å². The molecule has 4 aliphatic rings. The molecule has 8 unspecified atom stereocenters. The van der Waals surface area contributed by atoms with Gasteiger partial charge in [0.25, 0.3) is 0 Å². The number of hydrogen-bond donors (Lipinski definition) is 2. The second kappa shape index (κ2) is 12.9. The predicted octanol–water partition coefficient (Wildman–Crippen LogP) is 5.74. The first-order valence-corrected chi connectivity index (χ1v) is 15.7. The van der Waals surface area contributed by atoms with Crippen LogP contribution in [-0.2, 0) is 23.9 Å². The van der Waals surface area contributed by atoms with Crippen molar-refractivity contribution in [3.05, 3.63) is 71.9 Å². The van der Waals surface area contributed by atoms with Crippen LogP contribution in [0.25, 0.3) is 0 Å². The molecule has 0 amide bonds. The van der Waals surface area contributed by atoms with Crippen molar-refractivity contribution in [2.75, 3.05) is 6.61 Å². The monoisotopic (exact) mass is 592 g/mol. The number of unbranched alkanes of at least 4 members (excludes halogenated alkanes) is 3. The number of allylic oxidation sites excluding steroid dienone is 8. The van der Waals surface area contributed by atoms with E-state index in [0.717, 1.165) is 6.42 Å². The van der Waals surface area contributed by atoms with Crippen molar-refractivity contribution >= 4 is 17.7 Å². The summed E-state index contributed by atoms with van der Waals surface area (Å²) in [5, 5.41) is 22.9. The van der Waals surface area contributed by atoms with Crippen molar-refractivity contribution in [1.29, 1.82) is 0 Å².